The largest absolute Gasteiger partial charge is 0.500 e. The fourth-order valence-corrected chi connectivity index (χ4v) is 9.16. The van der Waals surface area contributed by atoms with Gasteiger partial charge in [0.25, 0.3) is 0 Å². The van der Waals surface area contributed by atoms with Gasteiger partial charge in [-0.2, -0.15) is 23.5 Å². The van der Waals surface area contributed by atoms with E-state index in [9.17, 15) is 9.59 Å². The summed E-state index contributed by atoms with van der Waals surface area (Å²) in [7, 11) is 8.69. The highest BCUT2D eigenvalue weighted by Crippen LogP contribution is 2.19. The van der Waals surface area contributed by atoms with Crippen LogP contribution in [0.5, 0.6) is 0 Å². The first-order valence-corrected chi connectivity index (χ1v) is 19.3. The molecule has 0 aromatic rings. The van der Waals surface area contributed by atoms with Crippen molar-refractivity contribution in [1.82, 2.24) is 0 Å². The average molecular weight is 635 g/mol. The van der Waals surface area contributed by atoms with Crippen LogP contribution in [0.4, 0.5) is 0 Å². The minimum absolute atomic E-state index is 0.194. The van der Waals surface area contributed by atoms with Crippen molar-refractivity contribution in [2.45, 2.75) is 37.8 Å². The molecule has 0 saturated heterocycles. The summed E-state index contributed by atoms with van der Waals surface area (Å²) >= 11 is 3.41. The number of rotatable bonds is 26. The van der Waals surface area contributed by atoms with Crippen molar-refractivity contribution in [2.24, 2.45) is 0 Å². The zero-order chi connectivity index (χ0) is 29.6. The Balaban J connectivity index is 3.86. The number of quaternary nitrogens is 1. The third-order valence-electron chi connectivity index (χ3n) is 6.23. The van der Waals surface area contributed by atoms with E-state index < -0.39 is 17.6 Å². The van der Waals surface area contributed by atoms with Gasteiger partial charge in [0.2, 0.25) is 0 Å². The van der Waals surface area contributed by atoms with E-state index in [0.717, 1.165) is 36.4 Å². The lowest BCUT2D eigenvalue weighted by Crippen LogP contribution is -2.45. The summed E-state index contributed by atoms with van der Waals surface area (Å²) in [5.74, 6) is 2.84. The second-order valence-corrected chi connectivity index (χ2v) is 18.0. The number of hydrogen-bond acceptors (Lipinski definition) is 12. The van der Waals surface area contributed by atoms with Gasteiger partial charge in [-0.15, -0.1) is 0 Å². The highest BCUT2D eigenvalue weighted by Gasteiger charge is 2.37. The van der Waals surface area contributed by atoms with E-state index in [4.69, 9.17) is 36.0 Å². The Morgan fingerprint density at radius 3 is 1.23 bits per heavy atom. The van der Waals surface area contributed by atoms with Crippen LogP contribution in [0.15, 0.2) is 0 Å². The zero-order valence-corrected chi connectivity index (χ0v) is 28.9. The van der Waals surface area contributed by atoms with Crippen LogP contribution in [0.2, 0.25) is 12.1 Å². The Morgan fingerprint density at radius 1 is 0.590 bits per heavy atom. The maximum absolute atomic E-state index is 12.0. The topological polar surface area (TPSA) is 108 Å². The maximum Gasteiger partial charge on any atom is 0.500 e. The maximum atomic E-state index is 12.0. The molecule has 0 atom stereocenters. The fraction of sp³-hybridized carbons (Fsp3) is 0.917. The second-order valence-electron chi connectivity index (χ2n) is 9.35. The molecule has 0 heterocycles. The Kier molecular flexibility index (Phi) is 22.3. The smallest absolute Gasteiger partial charge is 0.460 e. The summed E-state index contributed by atoms with van der Waals surface area (Å²) in [6, 6.07) is 1.49. The molecule has 0 aliphatic rings. The summed E-state index contributed by atoms with van der Waals surface area (Å²) < 4.78 is 43.8. The number of esters is 2. The summed E-state index contributed by atoms with van der Waals surface area (Å²) in [5.41, 5.74) is 0. The molecule has 0 N–H and O–H groups in total. The van der Waals surface area contributed by atoms with E-state index in [2.05, 4.69) is 0 Å². The second kappa shape index (κ2) is 22.4. The summed E-state index contributed by atoms with van der Waals surface area (Å²) in [6.07, 6.45) is 2.56. The van der Waals surface area contributed by atoms with Crippen LogP contribution in [-0.4, -0.2) is 140 Å². The highest BCUT2D eigenvalue weighted by molar-refractivity contribution is 7.99. The minimum atomic E-state index is -2.52. The van der Waals surface area contributed by atoms with Crippen molar-refractivity contribution in [3.05, 3.63) is 0 Å². The molecule has 0 bridgehead atoms. The quantitative estimate of drug-likeness (QED) is 0.0604. The first-order chi connectivity index (χ1) is 18.6. The van der Waals surface area contributed by atoms with Gasteiger partial charge in [-0.3, -0.25) is 9.59 Å². The molecule has 0 unspecified atom stereocenters. The molecule has 15 heteroatoms. The van der Waals surface area contributed by atoms with E-state index in [1.165, 1.54) is 0 Å². The van der Waals surface area contributed by atoms with Gasteiger partial charge in [0.15, 0.2) is 0 Å². The predicted octanol–water partition coefficient (Wildman–Crippen LogP) is 2.93. The molecule has 0 radical (unpaired) electrons. The van der Waals surface area contributed by atoms with Gasteiger partial charge < -0.3 is 40.5 Å². The molecule has 0 aliphatic heterocycles. The monoisotopic (exact) mass is 634 g/mol. The number of hydrogen-bond donors (Lipinski definition) is 0. The number of likely N-dealkylation sites (N-methyl/N-ethyl adjacent to an activating group) is 1. The van der Waals surface area contributed by atoms with Crippen LogP contribution in [0.25, 0.3) is 0 Å². The molecule has 0 fully saturated rings. The third kappa shape index (κ3) is 18.1. The molecule has 0 saturated carbocycles. The van der Waals surface area contributed by atoms with Gasteiger partial charge in [0, 0.05) is 66.3 Å². The van der Waals surface area contributed by atoms with Crippen molar-refractivity contribution >= 4 is 53.1 Å². The van der Waals surface area contributed by atoms with E-state index >= 15 is 0 Å². The van der Waals surface area contributed by atoms with Gasteiger partial charge in [0.05, 0.1) is 26.9 Å². The first-order valence-electron chi connectivity index (χ1n) is 13.2. The fourth-order valence-electron chi connectivity index (χ4n) is 3.48. The summed E-state index contributed by atoms with van der Waals surface area (Å²) in [5, 5.41) is 0. The lowest BCUT2D eigenvalue weighted by atomic mass is 10.4. The van der Waals surface area contributed by atoms with Crippen LogP contribution < -0.4 is 0 Å². The van der Waals surface area contributed by atoms with Crippen molar-refractivity contribution in [1.29, 1.82) is 0 Å². The molecule has 0 spiro atoms. The third-order valence-corrected chi connectivity index (χ3v) is 14.0. The molecular formula is C24H52NO10S2Si2+. The molecular weight excluding hydrogens is 583 g/mol. The molecule has 0 aliphatic carbocycles. The Labute approximate surface area is 246 Å². The molecule has 0 rings (SSSR count). The summed E-state index contributed by atoms with van der Waals surface area (Å²) in [4.78, 5) is 24.1. The van der Waals surface area contributed by atoms with Crippen LogP contribution in [0.3, 0.4) is 0 Å². The van der Waals surface area contributed by atoms with Crippen molar-refractivity contribution in [3.63, 3.8) is 0 Å². The predicted molar refractivity (Wildman–Crippen MR) is 160 cm³/mol. The van der Waals surface area contributed by atoms with E-state index in [1.54, 1.807) is 66.2 Å². The Hall–Kier alpha value is -0.206. The Morgan fingerprint density at radius 2 is 0.923 bits per heavy atom. The van der Waals surface area contributed by atoms with E-state index in [1.807, 2.05) is 14.1 Å². The highest BCUT2D eigenvalue weighted by atomic mass is 32.2. The summed E-state index contributed by atoms with van der Waals surface area (Å²) in [6.45, 7) is 1.98. The normalized spacial score (nSPS) is 12.5. The molecule has 232 valence electrons. The number of carbonyl (C=O) groups is 2. The van der Waals surface area contributed by atoms with Crippen molar-refractivity contribution in [3.8, 4) is 0 Å². The van der Waals surface area contributed by atoms with E-state index in [0.29, 0.717) is 55.1 Å². The molecule has 0 amide bonds. The van der Waals surface area contributed by atoms with Gasteiger partial charge in [-0.25, -0.2) is 0 Å². The number of thioether (sulfide) groups is 2. The van der Waals surface area contributed by atoms with Gasteiger partial charge >= 0.3 is 29.5 Å². The first kappa shape index (κ1) is 38.8. The van der Waals surface area contributed by atoms with Gasteiger partial charge in [0.1, 0.15) is 26.3 Å². The standard InChI is InChI=1S/C24H52NO10S2Si2/c1-25(2,13-15-34-23(26)11-19-36-17-9-21-38(28-3,29-4)30-5)14-16-35-24(27)12-20-37-18-10-22-39(31-6,32-7)33-8/h9-22H2,1-8H3/q+1. The van der Waals surface area contributed by atoms with Gasteiger partial charge in [-0.05, 0) is 24.3 Å². The SMILES string of the molecule is CO[Si](CCCSCCC(=O)OCC[N+](C)(C)CCOC(=O)CCSCCC[Si](OC)(OC)OC)(OC)OC. The van der Waals surface area contributed by atoms with Crippen LogP contribution >= 0.6 is 23.5 Å². The lowest BCUT2D eigenvalue weighted by Gasteiger charge is -2.29. The molecule has 0 aromatic heterocycles. The average Bonchev–Trinajstić information content (AvgIpc) is 2.93. The van der Waals surface area contributed by atoms with Crippen molar-refractivity contribution < 1.29 is 50.1 Å². The molecule has 0 aromatic carbocycles. The van der Waals surface area contributed by atoms with Crippen LogP contribution in [0.1, 0.15) is 25.7 Å². The van der Waals surface area contributed by atoms with Crippen LogP contribution in [-0.2, 0) is 45.6 Å². The minimum Gasteiger partial charge on any atom is -0.460 e. The van der Waals surface area contributed by atoms with Crippen LogP contribution in [0, 0.1) is 0 Å². The number of carbonyl (C=O) groups excluding carboxylic acids is 2. The van der Waals surface area contributed by atoms with Gasteiger partial charge in [-0.1, -0.05) is 0 Å². The molecule has 11 nitrogen and oxygen atoms in total. The lowest BCUT2D eigenvalue weighted by molar-refractivity contribution is -0.890. The Bertz CT molecular complexity index is 588. The molecule has 39 heavy (non-hydrogen) atoms. The van der Waals surface area contributed by atoms with Crippen molar-refractivity contribution in [2.75, 3.05) is 106 Å². The zero-order valence-electron chi connectivity index (χ0n) is 25.2. The number of ether oxygens (including phenoxy) is 2. The van der Waals surface area contributed by atoms with E-state index in [-0.39, 0.29) is 11.9 Å². The number of nitrogens with zero attached hydrogens (tertiary/aromatic N) is 1.